The zero-order chi connectivity index (χ0) is 21.5. The summed E-state index contributed by atoms with van der Waals surface area (Å²) in [5.74, 6) is -0.765. The maximum absolute atomic E-state index is 13.3. The minimum atomic E-state index is -0.361. The van der Waals surface area contributed by atoms with Gasteiger partial charge in [0.2, 0.25) is 0 Å². The summed E-state index contributed by atoms with van der Waals surface area (Å²) in [5, 5.41) is 0. The summed E-state index contributed by atoms with van der Waals surface area (Å²) in [5.41, 5.74) is 4.37. The lowest BCUT2D eigenvalue weighted by Crippen LogP contribution is -2.44. The number of ether oxygens (including phenoxy) is 1. The zero-order valence-electron chi connectivity index (χ0n) is 18.7. The fourth-order valence-corrected chi connectivity index (χ4v) is 5.40. The Morgan fingerprint density at radius 1 is 1.10 bits per heavy atom. The molecule has 0 radical (unpaired) electrons. The number of benzene rings is 1. The summed E-state index contributed by atoms with van der Waals surface area (Å²) < 4.78 is 5.90. The Bertz CT molecular complexity index is 901. The monoisotopic (exact) mass is 407 g/mol. The van der Waals surface area contributed by atoms with Crippen molar-refractivity contribution >= 4 is 17.5 Å². The minimum Gasteiger partial charge on any atom is -0.459 e. The first-order chi connectivity index (χ1) is 14.3. The van der Waals surface area contributed by atoms with E-state index in [4.69, 9.17) is 9.73 Å². The fraction of sp³-hybridized carbons (Fsp3) is 0.577. The van der Waals surface area contributed by atoms with Gasteiger partial charge in [0, 0.05) is 23.7 Å². The van der Waals surface area contributed by atoms with Crippen molar-refractivity contribution in [1.82, 2.24) is 0 Å². The molecule has 1 aliphatic heterocycles. The molecule has 0 bridgehead atoms. The third kappa shape index (κ3) is 4.01. The van der Waals surface area contributed by atoms with Crippen molar-refractivity contribution in [2.75, 3.05) is 0 Å². The van der Waals surface area contributed by atoms with Crippen LogP contribution in [-0.4, -0.2) is 23.6 Å². The number of allylic oxidation sites excluding steroid dienone is 1. The predicted octanol–water partition coefficient (Wildman–Crippen LogP) is 5.55. The number of carbonyl (C=O) groups is 2. The van der Waals surface area contributed by atoms with E-state index >= 15 is 0 Å². The minimum absolute atomic E-state index is 0.00714. The summed E-state index contributed by atoms with van der Waals surface area (Å²) in [7, 11) is 0. The Morgan fingerprint density at radius 2 is 1.77 bits per heavy atom. The van der Waals surface area contributed by atoms with Crippen molar-refractivity contribution in [3.63, 3.8) is 0 Å². The maximum atomic E-state index is 13.3. The van der Waals surface area contributed by atoms with Crippen LogP contribution in [0.15, 0.2) is 40.5 Å². The second-order valence-corrected chi connectivity index (χ2v) is 9.95. The van der Waals surface area contributed by atoms with E-state index in [0.717, 1.165) is 49.8 Å². The molecule has 2 unspecified atom stereocenters. The molecular weight excluding hydrogens is 374 g/mol. The van der Waals surface area contributed by atoms with Gasteiger partial charge < -0.3 is 4.74 Å². The molecule has 30 heavy (non-hydrogen) atoms. The van der Waals surface area contributed by atoms with Crippen LogP contribution in [0, 0.1) is 11.3 Å². The van der Waals surface area contributed by atoms with Crippen LogP contribution in [0.2, 0.25) is 0 Å². The highest BCUT2D eigenvalue weighted by atomic mass is 16.5. The van der Waals surface area contributed by atoms with Gasteiger partial charge in [-0.2, -0.15) is 0 Å². The third-order valence-electron chi connectivity index (χ3n) is 6.91. The molecule has 4 nitrogen and oxygen atoms in total. The van der Waals surface area contributed by atoms with Gasteiger partial charge in [-0.25, -0.2) is 4.79 Å². The van der Waals surface area contributed by atoms with Crippen LogP contribution < -0.4 is 0 Å². The molecule has 2 saturated carbocycles. The van der Waals surface area contributed by atoms with E-state index in [0.29, 0.717) is 17.7 Å². The molecule has 1 aromatic carbocycles. The quantitative estimate of drug-likeness (QED) is 0.615. The van der Waals surface area contributed by atoms with Crippen molar-refractivity contribution in [2.24, 2.45) is 16.3 Å². The van der Waals surface area contributed by atoms with Crippen LogP contribution in [-0.2, 0) is 20.7 Å². The molecule has 2 fully saturated rings. The molecule has 160 valence electrons. The largest absolute Gasteiger partial charge is 0.459 e. The Labute approximate surface area is 179 Å². The van der Waals surface area contributed by atoms with Gasteiger partial charge in [0.15, 0.2) is 0 Å². The third-order valence-corrected chi connectivity index (χ3v) is 6.91. The molecule has 4 rings (SSSR count). The number of aliphatic imine (C=N–C) groups is 1. The Kier molecular flexibility index (Phi) is 5.69. The van der Waals surface area contributed by atoms with Crippen LogP contribution in [0.3, 0.4) is 0 Å². The number of nitrogens with zero attached hydrogens (tertiary/aromatic N) is 1. The van der Waals surface area contributed by atoms with E-state index in [-0.39, 0.29) is 35.1 Å². The van der Waals surface area contributed by atoms with Crippen molar-refractivity contribution in [3.05, 3.63) is 46.7 Å². The van der Waals surface area contributed by atoms with Gasteiger partial charge in [-0.15, -0.1) is 0 Å². The second kappa shape index (κ2) is 8.13. The fourth-order valence-electron chi connectivity index (χ4n) is 5.40. The van der Waals surface area contributed by atoms with E-state index in [1.54, 1.807) is 0 Å². The topological polar surface area (TPSA) is 55.7 Å². The molecule has 0 N–H and O–H groups in total. The first kappa shape index (κ1) is 21.0. The lowest BCUT2D eigenvalue weighted by atomic mass is 9.63. The Morgan fingerprint density at radius 3 is 2.40 bits per heavy atom. The first-order valence-corrected chi connectivity index (χ1v) is 11.4. The number of esters is 1. The number of aryl methyl sites for hydroxylation is 1. The molecule has 0 spiro atoms. The standard InChI is InChI=1S/C26H33NO3/c1-5-17-10-12-18(13-11-17)23-22(25(29)30-19-8-6-7-9-19)16(2)27-20-14-26(3,4)15-21(28)24(20)23/h10-13,19,23-24H,5-9,14-15H2,1-4H3. The van der Waals surface area contributed by atoms with Crippen molar-refractivity contribution < 1.29 is 14.3 Å². The van der Waals surface area contributed by atoms with Gasteiger partial charge in [-0.1, -0.05) is 45.0 Å². The molecule has 2 aliphatic carbocycles. The summed E-state index contributed by atoms with van der Waals surface area (Å²) in [4.78, 5) is 31.4. The van der Waals surface area contributed by atoms with Crippen LogP contribution in [0.4, 0.5) is 0 Å². The highest BCUT2D eigenvalue weighted by Crippen LogP contribution is 2.47. The predicted molar refractivity (Wildman–Crippen MR) is 119 cm³/mol. The molecule has 1 aromatic rings. The van der Waals surface area contributed by atoms with Gasteiger partial charge in [0.1, 0.15) is 11.9 Å². The number of ketones is 1. The molecule has 0 saturated heterocycles. The van der Waals surface area contributed by atoms with Crippen molar-refractivity contribution in [1.29, 1.82) is 0 Å². The number of Topliss-reactive ketones (excluding diaryl/α,β-unsaturated/α-hetero) is 1. The van der Waals surface area contributed by atoms with Crippen LogP contribution >= 0.6 is 0 Å². The smallest absolute Gasteiger partial charge is 0.336 e. The molecule has 1 heterocycles. The van der Waals surface area contributed by atoms with Gasteiger partial charge in [-0.3, -0.25) is 9.79 Å². The van der Waals surface area contributed by atoms with Crippen LogP contribution in [0.1, 0.15) is 83.3 Å². The number of hydrogen-bond acceptors (Lipinski definition) is 4. The number of hydrogen-bond donors (Lipinski definition) is 0. The van der Waals surface area contributed by atoms with Crippen LogP contribution in [0.25, 0.3) is 0 Å². The number of carbonyl (C=O) groups excluding carboxylic acids is 2. The number of rotatable bonds is 4. The molecular formula is C26H33NO3. The number of fused-ring (bicyclic) bond motifs is 1. The van der Waals surface area contributed by atoms with E-state index in [2.05, 4.69) is 45.0 Å². The highest BCUT2D eigenvalue weighted by Gasteiger charge is 2.47. The lowest BCUT2D eigenvalue weighted by Gasteiger charge is -2.41. The zero-order valence-corrected chi connectivity index (χ0v) is 18.7. The average molecular weight is 408 g/mol. The van der Waals surface area contributed by atoms with E-state index < -0.39 is 0 Å². The van der Waals surface area contributed by atoms with E-state index in [9.17, 15) is 9.59 Å². The average Bonchev–Trinajstić information content (AvgIpc) is 3.18. The lowest BCUT2D eigenvalue weighted by molar-refractivity contribution is -0.144. The van der Waals surface area contributed by atoms with Crippen molar-refractivity contribution in [3.8, 4) is 0 Å². The summed E-state index contributed by atoms with van der Waals surface area (Å²) in [6.07, 6.45) is 6.33. The normalized spacial score (nSPS) is 26.4. The highest BCUT2D eigenvalue weighted by molar-refractivity contribution is 6.12. The van der Waals surface area contributed by atoms with Gasteiger partial charge in [0.05, 0.1) is 11.5 Å². The summed E-state index contributed by atoms with van der Waals surface area (Å²) in [6, 6.07) is 8.37. The molecule has 2 atom stereocenters. The molecule has 0 aromatic heterocycles. The molecule has 3 aliphatic rings. The second-order valence-electron chi connectivity index (χ2n) is 9.95. The van der Waals surface area contributed by atoms with Crippen molar-refractivity contribution in [2.45, 2.75) is 84.7 Å². The van der Waals surface area contributed by atoms with Gasteiger partial charge in [-0.05, 0) is 62.0 Å². The summed E-state index contributed by atoms with van der Waals surface area (Å²) in [6.45, 7) is 8.27. The first-order valence-electron chi connectivity index (χ1n) is 11.4. The summed E-state index contributed by atoms with van der Waals surface area (Å²) >= 11 is 0. The maximum Gasteiger partial charge on any atom is 0.336 e. The molecule has 0 amide bonds. The SMILES string of the molecule is CCc1ccc(C2C(C(=O)OC3CCCC3)=C(C)N=C3CC(C)(C)CC(=O)C32)cc1. The van der Waals surface area contributed by atoms with Crippen LogP contribution in [0.5, 0.6) is 0 Å². The Hall–Kier alpha value is -2.23. The van der Waals surface area contributed by atoms with Gasteiger partial charge >= 0.3 is 5.97 Å². The Balaban J connectivity index is 1.77. The van der Waals surface area contributed by atoms with E-state index in [1.165, 1.54) is 5.56 Å². The van der Waals surface area contributed by atoms with E-state index in [1.807, 2.05) is 6.92 Å². The van der Waals surface area contributed by atoms with Gasteiger partial charge in [0.25, 0.3) is 0 Å². The molecule has 4 heteroatoms.